The Morgan fingerprint density at radius 1 is 1.54 bits per heavy atom. The summed E-state index contributed by atoms with van der Waals surface area (Å²) in [6, 6.07) is 0. The minimum Gasteiger partial charge on any atom is -0.366 e. The maximum absolute atomic E-state index is 5.18. The topological polar surface area (TPSA) is 9.23 Å². The van der Waals surface area contributed by atoms with Gasteiger partial charge in [-0.3, -0.25) is 0 Å². The molecule has 1 nitrogen and oxygen atoms in total. The normalized spacial score (nSPS) is 18.7. The van der Waals surface area contributed by atoms with Crippen LogP contribution in [-0.4, -0.2) is 15.9 Å². The maximum Gasteiger partial charge on any atom is 0.122 e. The summed E-state index contributed by atoms with van der Waals surface area (Å²) < 4.78 is 5.14. The van der Waals surface area contributed by atoms with E-state index in [4.69, 9.17) is 4.74 Å². The Kier molecular flexibility index (Phi) is 3.27. The molecule has 13 heavy (non-hydrogen) atoms. The van der Waals surface area contributed by atoms with Crippen molar-refractivity contribution >= 4 is 31.9 Å². The van der Waals surface area contributed by atoms with E-state index in [1.165, 1.54) is 5.57 Å². The molecule has 0 atom stereocenters. The van der Waals surface area contributed by atoms with Crippen molar-refractivity contribution in [2.75, 3.05) is 7.11 Å². The van der Waals surface area contributed by atoms with Crippen LogP contribution in [0.2, 0.25) is 0 Å². The summed E-state index contributed by atoms with van der Waals surface area (Å²) in [6.45, 7) is 3.91. The lowest BCUT2D eigenvalue weighted by Crippen LogP contribution is -2.19. The summed E-state index contributed by atoms with van der Waals surface area (Å²) in [5.74, 6) is 6.15. The van der Waals surface area contributed by atoms with E-state index < -0.39 is 0 Å². The van der Waals surface area contributed by atoms with Gasteiger partial charge in [-0.25, -0.2) is 0 Å². The standard InChI is InChI=1S/C10H12Br2O/c1-9(2,13-3)6-4-5-8-7-10(8,11)12/h7H,5H2,1-3H3. The molecule has 0 aliphatic heterocycles. The number of alkyl halides is 2. The molecule has 0 fully saturated rings. The molecule has 0 aromatic rings. The second kappa shape index (κ2) is 3.76. The van der Waals surface area contributed by atoms with E-state index in [1.807, 2.05) is 13.8 Å². The highest BCUT2D eigenvalue weighted by Crippen LogP contribution is 2.50. The van der Waals surface area contributed by atoms with Gasteiger partial charge in [-0.05, 0) is 19.4 Å². The van der Waals surface area contributed by atoms with Crippen LogP contribution in [0.15, 0.2) is 11.6 Å². The molecule has 0 radical (unpaired) electrons. The quantitative estimate of drug-likeness (QED) is 0.432. The molecule has 0 heterocycles. The smallest absolute Gasteiger partial charge is 0.122 e. The molecule has 0 spiro atoms. The number of ether oxygens (including phenoxy) is 1. The van der Waals surface area contributed by atoms with Crippen molar-refractivity contribution in [3.8, 4) is 11.8 Å². The lowest BCUT2D eigenvalue weighted by atomic mass is 10.1. The fraction of sp³-hybridized carbons (Fsp3) is 0.600. The average Bonchev–Trinajstić information content (AvgIpc) is 2.59. The van der Waals surface area contributed by atoms with Gasteiger partial charge >= 0.3 is 0 Å². The van der Waals surface area contributed by atoms with Crippen LogP contribution in [0.5, 0.6) is 0 Å². The first-order chi connectivity index (χ1) is 5.87. The van der Waals surface area contributed by atoms with Crippen LogP contribution < -0.4 is 0 Å². The monoisotopic (exact) mass is 306 g/mol. The predicted molar refractivity (Wildman–Crippen MR) is 62.1 cm³/mol. The van der Waals surface area contributed by atoms with E-state index in [0.717, 1.165) is 6.42 Å². The summed E-state index contributed by atoms with van der Waals surface area (Å²) in [5.41, 5.74) is 0.948. The fourth-order valence-electron chi connectivity index (χ4n) is 0.755. The third kappa shape index (κ3) is 3.46. The van der Waals surface area contributed by atoms with Crippen LogP contribution in [0.1, 0.15) is 20.3 Å². The van der Waals surface area contributed by atoms with E-state index in [0.29, 0.717) is 0 Å². The molecule has 0 amide bonds. The second-order valence-corrected chi connectivity index (χ2v) is 7.05. The van der Waals surface area contributed by atoms with Gasteiger partial charge < -0.3 is 4.74 Å². The van der Waals surface area contributed by atoms with Gasteiger partial charge in [0.05, 0.1) is 0 Å². The van der Waals surface area contributed by atoms with Crippen molar-refractivity contribution in [3.63, 3.8) is 0 Å². The Hall–Kier alpha value is 0.220. The van der Waals surface area contributed by atoms with E-state index in [9.17, 15) is 0 Å². The molecular formula is C10H12Br2O. The molecule has 0 unspecified atom stereocenters. The van der Waals surface area contributed by atoms with Gasteiger partial charge in [0.25, 0.3) is 0 Å². The van der Waals surface area contributed by atoms with Crippen LogP contribution in [0, 0.1) is 11.8 Å². The van der Waals surface area contributed by atoms with Gasteiger partial charge in [0, 0.05) is 13.5 Å². The van der Waals surface area contributed by atoms with Gasteiger partial charge in [-0.15, -0.1) is 0 Å². The van der Waals surface area contributed by atoms with Crippen molar-refractivity contribution in [2.24, 2.45) is 0 Å². The Morgan fingerprint density at radius 2 is 2.08 bits per heavy atom. The van der Waals surface area contributed by atoms with Crippen LogP contribution in [0.3, 0.4) is 0 Å². The zero-order chi connectivity index (χ0) is 10.1. The van der Waals surface area contributed by atoms with Crippen molar-refractivity contribution in [2.45, 2.75) is 29.1 Å². The summed E-state index contributed by atoms with van der Waals surface area (Å²) in [4.78, 5) is 0. The second-order valence-electron chi connectivity index (χ2n) is 3.49. The molecule has 1 rings (SSSR count). The Balaban J connectivity index is 2.39. The molecular weight excluding hydrogens is 296 g/mol. The molecule has 0 N–H and O–H groups in total. The molecule has 1 aliphatic rings. The molecule has 72 valence electrons. The van der Waals surface area contributed by atoms with Crippen molar-refractivity contribution in [1.82, 2.24) is 0 Å². The first kappa shape index (κ1) is 11.3. The number of rotatable bonds is 2. The fourth-order valence-corrected chi connectivity index (χ4v) is 1.59. The van der Waals surface area contributed by atoms with Crippen molar-refractivity contribution < 1.29 is 4.74 Å². The number of allylic oxidation sites excluding steroid dienone is 2. The zero-order valence-corrected chi connectivity index (χ0v) is 11.1. The van der Waals surface area contributed by atoms with Gasteiger partial charge in [-0.1, -0.05) is 49.8 Å². The first-order valence-electron chi connectivity index (χ1n) is 4.02. The Morgan fingerprint density at radius 3 is 2.46 bits per heavy atom. The third-order valence-electron chi connectivity index (χ3n) is 1.88. The number of methoxy groups -OCH3 is 1. The lowest BCUT2D eigenvalue weighted by molar-refractivity contribution is 0.0741. The number of hydrogen-bond donors (Lipinski definition) is 0. The van der Waals surface area contributed by atoms with Crippen LogP contribution in [-0.2, 0) is 4.74 Å². The molecule has 0 saturated carbocycles. The van der Waals surface area contributed by atoms with Crippen LogP contribution >= 0.6 is 31.9 Å². The van der Waals surface area contributed by atoms with Crippen LogP contribution in [0.25, 0.3) is 0 Å². The summed E-state index contributed by atoms with van der Waals surface area (Å²) in [7, 11) is 1.67. The predicted octanol–water partition coefficient (Wildman–Crippen LogP) is 3.23. The molecule has 1 aliphatic carbocycles. The van der Waals surface area contributed by atoms with Crippen molar-refractivity contribution in [3.05, 3.63) is 11.6 Å². The molecule has 0 saturated heterocycles. The summed E-state index contributed by atoms with van der Waals surface area (Å²) in [6.07, 6.45) is 2.89. The summed E-state index contributed by atoms with van der Waals surface area (Å²) in [5, 5.41) is 0. The van der Waals surface area contributed by atoms with Gasteiger partial charge in [-0.2, -0.15) is 0 Å². The maximum atomic E-state index is 5.18. The highest BCUT2D eigenvalue weighted by Gasteiger charge is 2.37. The number of halogens is 2. The minimum absolute atomic E-state index is 0.0358. The highest BCUT2D eigenvalue weighted by atomic mass is 79.9. The van der Waals surface area contributed by atoms with Gasteiger partial charge in [0.15, 0.2) is 0 Å². The minimum atomic E-state index is -0.337. The molecule has 0 aromatic heterocycles. The summed E-state index contributed by atoms with van der Waals surface area (Å²) >= 11 is 6.95. The zero-order valence-electron chi connectivity index (χ0n) is 7.95. The Labute approximate surface area is 96.2 Å². The largest absolute Gasteiger partial charge is 0.366 e. The van der Waals surface area contributed by atoms with Gasteiger partial charge in [0.1, 0.15) is 8.83 Å². The SMILES string of the molecule is COC(C)(C)C#CCC1=CC1(Br)Br. The Bertz CT molecular complexity index is 292. The average molecular weight is 308 g/mol. The van der Waals surface area contributed by atoms with Gasteiger partial charge in [0.2, 0.25) is 0 Å². The highest BCUT2D eigenvalue weighted by molar-refractivity contribution is 9.26. The van der Waals surface area contributed by atoms with Crippen molar-refractivity contribution in [1.29, 1.82) is 0 Å². The first-order valence-corrected chi connectivity index (χ1v) is 5.61. The third-order valence-corrected chi connectivity index (χ3v) is 3.36. The van der Waals surface area contributed by atoms with Crippen LogP contribution in [0.4, 0.5) is 0 Å². The lowest BCUT2D eigenvalue weighted by Gasteiger charge is -2.14. The number of hydrogen-bond acceptors (Lipinski definition) is 1. The molecule has 0 bridgehead atoms. The van der Waals surface area contributed by atoms with E-state index >= 15 is 0 Å². The van der Waals surface area contributed by atoms with E-state index in [2.05, 4.69) is 49.8 Å². The molecule has 0 aromatic carbocycles. The molecule has 3 heteroatoms. The van der Waals surface area contributed by atoms with E-state index in [1.54, 1.807) is 7.11 Å². The van der Waals surface area contributed by atoms with E-state index in [-0.39, 0.29) is 8.83 Å².